The van der Waals surface area contributed by atoms with Gasteiger partial charge in [0.2, 0.25) is 5.78 Å². The first-order valence-electron chi connectivity index (χ1n) is 11.7. The molecule has 4 aromatic rings. The van der Waals surface area contributed by atoms with Gasteiger partial charge in [0.25, 0.3) is 5.91 Å². The Morgan fingerprint density at radius 1 is 0.833 bits per heavy atom. The second kappa shape index (κ2) is 10.3. The van der Waals surface area contributed by atoms with E-state index < -0.39 is 23.5 Å². The largest absolute Gasteiger partial charge is 0.872 e. The summed E-state index contributed by atoms with van der Waals surface area (Å²) in [5.41, 5.74) is 2.86. The van der Waals surface area contributed by atoms with Gasteiger partial charge in [0.05, 0.1) is 12.6 Å². The van der Waals surface area contributed by atoms with Gasteiger partial charge in [0.1, 0.15) is 12.4 Å². The van der Waals surface area contributed by atoms with Crippen LogP contribution in [0.4, 0.5) is 0 Å². The average molecular weight is 477 g/mol. The molecule has 6 nitrogen and oxygen atoms in total. The summed E-state index contributed by atoms with van der Waals surface area (Å²) in [6.45, 7) is 0.602. The molecule has 1 unspecified atom stereocenters. The predicted molar refractivity (Wildman–Crippen MR) is 132 cm³/mol. The molecule has 1 N–H and O–H groups in total. The van der Waals surface area contributed by atoms with E-state index in [9.17, 15) is 14.7 Å². The monoisotopic (exact) mass is 476 g/mol. The third kappa shape index (κ3) is 4.74. The summed E-state index contributed by atoms with van der Waals surface area (Å²) in [7, 11) is 0. The van der Waals surface area contributed by atoms with E-state index in [4.69, 9.17) is 4.74 Å². The fourth-order valence-corrected chi connectivity index (χ4v) is 4.34. The summed E-state index contributed by atoms with van der Waals surface area (Å²) in [4.78, 5) is 30.7. The second-order valence-electron chi connectivity index (χ2n) is 8.53. The van der Waals surface area contributed by atoms with Crippen LogP contribution in [0.1, 0.15) is 28.3 Å². The predicted octanol–water partition coefficient (Wildman–Crippen LogP) is 3.50. The van der Waals surface area contributed by atoms with Crippen molar-refractivity contribution < 1.29 is 24.4 Å². The number of Topliss-reactive ketones (excluding diaryl/α,β-unsaturated/α-hetero) is 1. The maximum absolute atomic E-state index is 13.6. The topological polar surface area (TPSA) is 83.8 Å². The first-order valence-corrected chi connectivity index (χ1v) is 11.7. The van der Waals surface area contributed by atoms with Crippen LogP contribution in [0.25, 0.3) is 5.76 Å². The Morgan fingerprint density at radius 2 is 1.50 bits per heavy atom. The molecular formula is C30H24N2O4. The zero-order valence-corrected chi connectivity index (χ0v) is 19.5. The maximum Gasteiger partial charge on any atom is 0.295 e. The van der Waals surface area contributed by atoms with Gasteiger partial charge in [-0.05, 0) is 34.9 Å². The lowest BCUT2D eigenvalue weighted by Gasteiger charge is -2.27. The Labute approximate surface area is 209 Å². The van der Waals surface area contributed by atoms with E-state index in [0.717, 1.165) is 11.1 Å². The molecule has 0 aliphatic carbocycles. The zero-order valence-electron chi connectivity index (χ0n) is 19.5. The van der Waals surface area contributed by atoms with Gasteiger partial charge in [-0.2, -0.15) is 0 Å². The van der Waals surface area contributed by atoms with Gasteiger partial charge in [0, 0.05) is 17.2 Å². The maximum atomic E-state index is 13.6. The van der Waals surface area contributed by atoms with E-state index in [1.54, 1.807) is 36.7 Å². The number of hydrogen-bond acceptors (Lipinski definition) is 4. The first kappa shape index (κ1) is 23.1. The van der Waals surface area contributed by atoms with Crippen LogP contribution in [-0.2, 0) is 22.7 Å². The molecule has 0 spiro atoms. The number of nitrogens with zero attached hydrogens (tertiary/aromatic N) is 1. The molecule has 0 radical (unpaired) electrons. The fourth-order valence-electron chi connectivity index (χ4n) is 4.34. The van der Waals surface area contributed by atoms with Crippen molar-refractivity contribution in [1.82, 2.24) is 4.90 Å². The number of H-pyrrole nitrogens is 1. The highest BCUT2D eigenvalue weighted by Crippen LogP contribution is 2.39. The molecule has 3 aromatic carbocycles. The van der Waals surface area contributed by atoms with Crippen molar-refractivity contribution >= 4 is 17.4 Å². The number of likely N-dealkylation sites (tertiary alicyclic amines) is 1. The van der Waals surface area contributed by atoms with E-state index in [1.165, 1.54) is 4.90 Å². The Balaban J connectivity index is 1.47. The SMILES string of the molecule is O=C1C(=O)N(Cc2ccc[nH+]c2)C(c2ccccc2)C1=C([O-])c1ccc(OCc2ccccc2)cc1. The standard InChI is InChI=1S/C30H24N2O4/c33-28(24-13-15-25(16-14-24)36-20-21-8-3-1-4-9-21)26-27(23-11-5-2-6-12-23)32(30(35)29(26)34)19-22-10-7-17-31-18-22/h1-18,27,33H,19-20H2. The number of amides is 1. The van der Waals surface area contributed by atoms with Crippen LogP contribution in [-0.4, -0.2) is 16.6 Å². The smallest absolute Gasteiger partial charge is 0.295 e. The minimum Gasteiger partial charge on any atom is -0.872 e. The molecule has 1 amide bonds. The molecule has 1 atom stereocenters. The number of ether oxygens (including phenoxy) is 1. The highest BCUT2D eigenvalue weighted by Gasteiger charge is 2.44. The van der Waals surface area contributed by atoms with Gasteiger partial charge in [-0.1, -0.05) is 78.6 Å². The lowest BCUT2D eigenvalue weighted by Crippen LogP contribution is -2.29. The minimum absolute atomic E-state index is 0.0379. The number of nitrogens with one attached hydrogen (secondary N) is 1. The number of carbonyl (C=O) groups excluding carboxylic acids is 2. The van der Waals surface area contributed by atoms with Crippen LogP contribution in [0.2, 0.25) is 0 Å². The highest BCUT2D eigenvalue weighted by atomic mass is 16.5. The summed E-state index contributed by atoms with van der Waals surface area (Å²) in [6, 6.07) is 28.5. The van der Waals surface area contributed by atoms with Crippen molar-refractivity contribution in [2.24, 2.45) is 0 Å². The number of pyridine rings is 1. The van der Waals surface area contributed by atoms with Gasteiger partial charge in [-0.15, -0.1) is 0 Å². The second-order valence-corrected chi connectivity index (χ2v) is 8.53. The number of benzene rings is 3. The van der Waals surface area contributed by atoms with Crippen molar-refractivity contribution in [3.8, 4) is 5.75 Å². The van der Waals surface area contributed by atoms with E-state index >= 15 is 0 Å². The third-order valence-electron chi connectivity index (χ3n) is 6.13. The number of ketones is 1. The zero-order chi connectivity index (χ0) is 24.9. The van der Waals surface area contributed by atoms with E-state index in [1.807, 2.05) is 72.8 Å². The van der Waals surface area contributed by atoms with Crippen molar-refractivity contribution in [1.29, 1.82) is 0 Å². The highest BCUT2D eigenvalue weighted by molar-refractivity contribution is 6.46. The Bertz CT molecular complexity index is 1390. The van der Waals surface area contributed by atoms with Gasteiger partial charge >= 0.3 is 0 Å². The van der Waals surface area contributed by atoms with E-state index in [0.29, 0.717) is 23.5 Å². The van der Waals surface area contributed by atoms with Crippen molar-refractivity contribution in [3.05, 3.63) is 137 Å². The molecule has 0 saturated carbocycles. The fraction of sp³-hybridized carbons (Fsp3) is 0.100. The molecule has 6 heteroatoms. The molecule has 5 rings (SSSR count). The molecule has 1 aliphatic rings. The van der Waals surface area contributed by atoms with Gasteiger partial charge in [-0.25, -0.2) is 4.98 Å². The lowest BCUT2D eigenvalue weighted by molar-refractivity contribution is -0.378. The van der Waals surface area contributed by atoms with E-state index in [2.05, 4.69) is 4.98 Å². The third-order valence-corrected chi connectivity index (χ3v) is 6.13. The minimum atomic E-state index is -0.770. The van der Waals surface area contributed by atoms with Crippen LogP contribution >= 0.6 is 0 Å². The van der Waals surface area contributed by atoms with Crippen LogP contribution in [0.15, 0.2) is 115 Å². The summed E-state index contributed by atoms with van der Waals surface area (Å²) >= 11 is 0. The van der Waals surface area contributed by atoms with Gasteiger partial charge in [-0.3, -0.25) is 9.59 Å². The number of hydrogen-bond donors (Lipinski definition) is 0. The Hall–Kier alpha value is -4.71. The molecule has 1 saturated heterocycles. The first-order chi connectivity index (χ1) is 17.6. The molecule has 2 heterocycles. The van der Waals surface area contributed by atoms with Crippen LogP contribution in [0.5, 0.6) is 5.75 Å². The van der Waals surface area contributed by atoms with Crippen LogP contribution in [0.3, 0.4) is 0 Å². The number of carbonyl (C=O) groups is 2. The number of rotatable bonds is 7. The summed E-state index contributed by atoms with van der Waals surface area (Å²) in [6.07, 6.45) is 3.54. The quantitative estimate of drug-likeness (QED) is 0.232. The van der Waals surface area contributed by atoms with Crippen molar-refractivity contribution in [3.63, 3.8) is 0 Å². The number of aromatic amines is 1. The van der Waals surface area contributed by atoms with Crippen molar-refractivity contribution in [2.75, 3.05) is 0 Å². The average Bonchev–Trinajstić information content (AvgIpc) is 3.18. The molecular weight excluding hydrogens is 452 g/mol. The summed E-state index contributed by atoms with van der Waals surface area (Å²) in [5, 5.41) is 13.6. The van der Waals surface area contributed by atoms with Crippen molar-refractivity contribution in [2.45, 2.75) is 19.2 Å². The Morgan fingerprint density at radius 3 is 2.17 bits per heavy atom. The molecule has 178 valence electrons. The molecule has 36 heavy (non-hydrogen) atoms. The van der Waals surface area contributed by atoms with Crippen LogP contribution < -0.4 is 14.8 Å². The molecule has 1 aromatic heterocycles. The summed E-state index contributed by atoms with van der Waals surface area (Å²) in [5.74, 6) is -1.30. The molecule has 1 fully saturated rings. The lowest BCUT2D eigenvalue weighted by atomic mass is 9.95. The van der Waals surface area contributed by atoms with E-state index in [-0.39, 0.29) is 12.1 Å². The number of aromatic nitrogens is 1. The molecule has 1 aliphatic heterocycles. The van der Waals surface area contributed by atoms with Gasteiger partial charge in [0.15, 0.2) is 12.4 Å². The van der Waals surface area contributed by atoms with Crippen LogP contribution in [0, 0.1) is 0 Å². The molecule has 0 bridgehead atoms. The normalized spacial score (nSPS) is 16.8. The summed E-state index contributed by atoms with van der Waals surface area (Å²) < 4.78 is 5.81. The Kier molecular flexibility index (Phi) is 6.58. The van der Waals surface area contributed by atoms with Gasteiger partial charge < -0.3 is 14.7 Å².